The summed E-state index contributed by atoms with van der Waals surface area (Å²) in [5.41, 5.74) is 0. The molecule has 2 aromatic rings. The minimum absolute atomic E-state index is 0.123. The molecule has 3 heterocycles. The van der Waals surface area contributed by atoms with E-state index in [0.717, 1.165) is 42.0 Å². The Balaban J connectivity index is 1.58. The highest BCUT2D eigenvalue weighted by Gasteiger charge is 2.23. The van der Waals surface area contributed by atoms with Gasteiger partial charge in [-0.05, 0) is 31.5 Å². The molecule has 1 aliphatic heterocycles. The van der Waals surface area contributed by atoms with Crippen LogP contribution in [0.5, 0.6) is 0 Å². The van der Waals surface area contributed by atoms with E-state index >= 15 is 0 Å². The van der Waals surface area contributed by atoms with Crippen LogP contribution < -0.4 is 4.72 Å². The van der Waals surface area contributed by atoms with Crippen LogP contribution in [0, 0.1) is 0 Å². The smallest absolute Gasteiger partial charge is 0.250 e. The molecule has 1 saturated heterocycles. The maximum atomic E-state index is 12.4. The topological polar surface area (TPSA) is 95.7 Å². The Bertz CT molecular complexity index is 743. The van der Waals surface area contributed by atoms with E-state index in [1.165, 1.54) is 6.20 Å². The molecule has 1 fully saturated rings. The van der Waals surface area contributed by atoms with Gasteiger partial charge < -0.3 is 9.63 Å². The van der Waals surface area contributed by atoms with E-state index in [9.17, 15) is 13.5 Å². The van der Waals surface area contributed by atoms with Crippen molar-refractivity contribution in [3.8, 4) is 10.6 Å². The van der Waals surface area contributed by atoms with Gasteiger partial charge in [-0.25, -0.2) is 13.1 Å². The van der Waals surface area contributed by atoms with Crippen molar-refractivity contribution in [1.82, 2.24) is 14.8 Å². The number of rotatable bonds is 7. The third kappa shape index (κ3) is 4.04. The maximum Gasteiger partial charge on any atom is 0.250 e. The lowest BCUT2D eigenvalue weighted by Gasteiger charge is -2.34. The Kier molecular flexibility index (Phi) is 5.67. The Labute approximate surface area is 145 Å². The van der Waals surface area contributed by atoms with Gasteiger partial charge in [0.15, 0.2) is 5.76 Å². The van der Waals surface area contributed by atoms with E-state index in [4.69, 9.17) is 4.52 Å². The molecular formula is C15H21N3O4S2. The molecule has 2 aromatic heterocycles. The highest BCUT2D eigenvalue weighted by Crippen LogP contribution is 2.30. The zero-order chi connectivity index (χ0) is 17.0. The first-order valence-corrected chi connectivity index (χ1v) is 10.3. The summed E-state index contributed by atoms with van der Waals surface area (Å²) >= 11 is 1.15. The van der Waals surface area contributed by atoms with Gasteiger partial charge in [0.05, 0.1) is 17.7 Å². The van der Waals surface area contributed by atoms with Crippen molar-refractivity contribution in [1.29, 1.82) is 0 Å². The Morgan fingerprint density at radius 1 is 1.38 bits per heavy atom. The average Bonchev–Trinajstić information content (AvgIpc) is 3.26. The normalized spacial score (nSPS) is 19.6. The molecule has 0 spiro atoms. The molecule has 7 nitrogen and oxygen atoms in total. The molecule has 0 aromatic carbocycles. The molecule has 132 valence electrons. The van der Waals surface area contributed by atoms with Crippen LogP contribution in [-0.4, -0.2) is 55.9 Å². The van der Waals surface area contributed by atoms with E-state index in [1.54, 1.807) is 18.2 Å². The van der Waals surface area contributed by atoms with E-state index in [1.807, 2.05) is 0 Å². The maximum absolute atomic E-state index is 12.4. The fraction of sp³-hybridized carbons (Fsp3) is 0.533. The monoisotopic (exact) mass is 371 g/mol. The van der Waals surface area contributed by atoms with Gasteiger partial charge in [-0.15, -0.1) is 11.3 Å². The van der Waals surface area contributed by atoms with E-state index in [-0.39, 0.29) is 16.9 Å². The van der Waals surface area contributed by atoms with Crippen LogP contribution in [0.4, 0.5) is 0 Å². The lowest BCUT2D eigenvalue weighted by molar-refractivity contribution is 0.0923. The molecule has 9 heteroatoms. The fourth-order valence-electron chi connectivity index (χ4n) is 2.90. The summed E-state index contributed by atoms with van der Waals surface area (Å²) in [4.78, 5) is 2.88. The van der Waals surface area contributed by atoms with Gasteiger partial charge in [-0.2, -0.15) is 0 Å². The summed E-state index contributed by atoms with van der Waals surface area (Å²) in [6, 6.07) is 5.12. The van der Waals surface area contributed by atoms with Crippen LogP contribution in [-0.2, 0) is 10.0 Å². The molecule has 1 aliphatic rings. The molecule has 0 unspecified atom stereocenters. The van der Waals surface area contributed by atoms with Crippen LogP contribution in [0.3, 0.4) is 0 Å². The van der Waals surface area contributed by atoms with Crippen molar-refractivity contribution < 1.29 is 18.0 Å². The van der Waals surface area contributed by atoms with Gasteiger partial charge >= 0.3 is 0 Å². The van der Waals surface area contributed by atoms with Crippen molar-refractivity contribution >= 4 is 21.4 Å². The molecule has 0 bridgehead atoms. The number of hydrogen-bond donors (Lipinski definition) is 2. The predicted molar refractivity (Wildman–Crippen MR) is 91.3 cm³/mol. The number of nitrogens with one attached hydrogen (secondary N) is 1. The third-order valence-corrected chi connectivity index (χ3v) is 7.23. The summed E-state index contributed by atoms with van der Waals surface area (Å²) in [6.07, 6.45) is 4.70. The zero-order valence-electron chi connectivity index (χ0n) is 13.2. The molecule has 0 amide bonds. The SMILES string of the molecule is O=S(=O)(NCCN1CCCC[C@H]1CO)c1ccc(-c2ccno2)s1. The second-order valence-corrected chi connectivity index (χ2v) is 8.84. The van der Waals surface area contributed by atoms with Gasteiger partial charge in [0.25, 0.3) is 0 Å². The number of nitrogens with zero attached hydrogens (tertiary/aromatic N) is 2. The molecule has 3 rings (SSSR count). The number of sulfonamides is 1. The lowest BCUT2D eigenvalue weighted by atomic mass is 10.0. The Hall–Kier alpha value is -1.26. The largest absolute Gasteiger partial charge is 0.395 e. The van der Waals surface area contributed by atoms with Gasteiger partial charge in [0, 0.05) is 25.2 Å². The van der Waals surface area contributed by atoms with E-state index in [2.05, 4.69) is 14.8 Å². The van der Waals surface area contributed by atoms with Crippen LogP contribution in [0.15, 0.2) is 33.1 Å². The quantitative estimate of drug-likeness (QED) is 0.766. The summed E-state index contributed by atoms with van der Waals surface area (Å²) < 4.78 is 32.7. The van der Waals surface area contributed by atoms with Crippen molar-refractivity contribution in [3.05, 3.63) is 24.4 Å². The second kappa shape index (κ2) is 7.75. The number of aliphatic hydroxyl groups excluding tert-OH is 1. The Morgan fingerprint density at radius 2 is 2.25 bits per heavy atom. The molecule has 0 saturated carbocycles. The summed E-state index contributed by atoms with van der Waals surface area (Å²) in [7, 11) is -3.54. The molecular weight excluding hydrogens is 350 g/mol. The molecule has 0 radical (unpaired) electrons. The average molecular weight is 371 g/mol. The number of piperidine rings is 1. The first kappa shape index (κ1) is 17.6. The van der Waals surface area contributed by atoms with Crippen molar-refractivity contribution in [2.75, 3.05) is 26.2 Å². The summed E-state index contributed by atoms with van der Waals surface area (Å²) in [6.45, 7) is 1.96. The molecule has 0 aliphatic carbocycles. The fourth-order valence-corrected chi connectivity index (χ4v) is 5.22. The van der Waals surface area contributed by atoms with Gasteiger partial charge in [0.2, 0.25) is 10.0 Å². The van der Waals surface area contributed by atoms with Gasteiger partial charge in [0.1, 0.15) is 4.21 Å². The number of aliphatic hydroxyl groups is 1. The van der Waals surface area contributed by atoms with Crippen LogP contribution in [0.1, 0.15) is 19.3 Å². The van der Waals surface area contributed by atoms with Crippen molar-refractivity contribution in [2.24, 2.45) is 0 Å². The number of thiophene rings is 1. The summed E-state index contributed by atoms with van der Waals surface area (Å²) in [5.74, 6) is 0.556. The van der Waals surface area contributed by atoms with E-state index in [0.29, 0.717) is 18.8 Å². The second-order valence-electron chi connectivity index (χ2n) is 5.76. The Morgan fingerprint density at radius 3 is 3.00 bits per heavy atom. The van der Waals surface area contributed by atoms with Crippen LogP contribution in [0.2, 0.25) is 0 Å². The standard InChI is InChI=1S/C15H21N3O4S2/c19-11-12-3-1-2-9-18(12)10-8-17-24(20,21)15-5-4-14(23-15)13-6-7-16-22-13/h4-7,12,17,19H,1-3,8-11H2/t12-/m0/s1. The minimum Gasteiger partial charge on any atom is -0.395 e. The molecule has 2 N–H and O–H groups in total. The summed E-state index contributed by atoms with van der Waals surface area (Å²) in [5, 5.41) is 13.0. The number of likely N-dealkylation sites (tertiary alicyclic amines) is 1. The molecule has 24 heavy (non-hydrogen) atoms. The van der Waals surface area contributed by atoms with Gasteiger partial charge in [-0.3, -0.25) is 4.90 Å². The number of hydrogen-bond acceptors (Lipinski definition) is 7. The van der Waals surface area contributed by atoms with Crippen molar-refractivity contribution in [2.45, 2.75) is 29.5 Å². The van der Waals surface area contributed by atoms with Crippen LogP contribution >= 0.6 is 11.3 Å². The van der Waals surface area contributed by atoms with Crippen LogP contribution in [0.25, 0.3) is 10.6 Å². The highest BCUT2D eigenvalue weighted by atomic mass is 32.2. The first-order valence-electron chi connectivity index (χ1n) is 7.95. The predicted octanol–water partition coefficient (Wildman–Crippen LogP) is 1.53. The highest BCUT2D eigenvalue weighted by molar-refractivity contribution is 7.91. The first-order chi connectivity index (χ1) is 11.6. The third-order valence-electron chi connectivity index (χ3n) is 4.18. The molecule has 1 atom stereocenters. The lowest BCUT2D eigenvalue weighted by Crippen LogP contribution is -2.45. The number of aromatic nitrogens is 1. The minimum atomic E-state index is -3.54. The van der Waals surface area contributed by atoms with E-state index < -0.39 is 10.0 Å². The zero-order valence-corrected chi connectivity index (χ0v) is 14.9. The van der Waals surface area contributed by atoms with Gasteiger partial charge in [-0.1, -0.05) is 11.6 Å². The van der Waals surface area contributed by atoms with Crippen molar-refractivity contribution in [3.63, 3.8) is 0 Å².